The van der Waals surface area contributed by atoms with Crippen molar-refractivity contribution in [1.29, 1.82) is 0 Å². The zero-order valence-corrected chi connectivity index (χ0v) is 15.6. The van der Waals surface area contributed by atoms with E-state index in [0.29, 0.717) is 23.9 Å². The number of para-hydroxylation sites is 1. The number of benzene rings is 1. The molecule has 1 aromatic carbocycles. The first-order valence-corrected chi connectivity index (χ1v) is 9.30. The molecule has 28 heavy (non-hydrogen) atoms. The van der Waals surface area contributed by atoms with Crippen LogP contribution in [0.5, 0.6) is 0 Å². The number of hydrogen-bond acceptors (Lipinski definition) is 6. The van der Waals surface area contributed by atoms with E-state index in [0.717, 1.165) is 24.6 Å². The molecule has 2 heterocycles. The van der Waals surface area contributed by atoms with Crippen LogP contribution in [0.1, 0.15) is 32.1 Å². The third-order valence-electron chi connectivity index (χ3n) is 5.33. The van der Waals surface area contributed by atoms with Crippen molar-refractivity contribution in [1.82, 2.24) is 14.9 Å². The molecule has 1 fully saturated rings. The lowest BCUT2D eigenvalue weighted by Crippen LogP contribution is -2.57. The maximum atomic E-state index is 12.8. The number of aromatic nitrogens is 2. The van der Waals surface area contributed by atoms with Crippen LogP contribution >= 0.6 is 0 Å². The van der Waals surface area contributed by atoms with Gasteiger partial charge in [-0.15, -0.1) is 0 Å². The number of ether oxygens (including phenoxy) is 1. The summed E-state index contributed by atoms with van der Waals surface area (Å²) >= 11 is 0. The second-order valence-corrected chi connectivity index (χ2v) is 7.14. The molecule has 2 aromatic heterocycles. The van der Waals surface area contributed by atoms with Gasteiger partial charge in [0.25, 0.3) is 5.56 Å². The zero-order chi connectivity index (χ0) is 19.7. The molecule has 0 unspecified atom stereocenters. The second kappa shape index (κ2) is 7.10. The zero-order valence-electron chi connectivity index (χ0n) is 15.6. The van der Waals surface area contributed by atoms with Gasteiger partial charge in [-0.05, 0) is 25.0 Å². The molecule has 1 aliphatic rings. The van der Waals surface area contributed by atoms with Crippen molar-refractivity contribution in [2.24, 2.45) is 0 Å². The third kappa shape index (κ3) is 3.04. The molecule has 1 amide bonds. The Hall–Kier alpha value is -3.16. The topological polar surface area (TPSA) is 103 Å². The first-order valence-electron chi connectivity index (χ1n) is 9.30. The number of rotatable bonds is 4. The number of esters is 1. The van der Waals surface area contributed by atoms with Crippen molar-refractivity contribution in [2.75, 3.05) is 7.11 Å². The Morgan fingerprint density at radius 1 is 1.25 bits per heavy atom. The Labute approximate surface area is 160 Å². The second-order valence-electron chi connectivity index (χ2n) is 7.14. The highest BCUT2D eigenvalue weighted by Crippen LogP contribution is 2.29. The highest BCUT2D eigenvalue weighted by atomic mass is 16.5. The number of furan rings is 1. The lowest BCUT2D eigenvalue weighted by atomic mass is 9.81. The number of methoxy groups -OCH3 is 1. The predicted molar refractivity (Wildman–Crippen MR) is 102 cm³/mol. The number of nitrogens with one attached hydrogen (secondary N) is 1. The van der Waals surface area contributed by atoms with E-state index in [1.54, 1.807) is 6.07 Å². The van der Waals surface area contributed by atoms with Crippen molar-refractivity contribution < 1.29 is 18.7 Å². The normalized spacial score (nSPS) is 16.2. The number of hydrogen-bond donors (Lipinski definition) is 1. The van der Waals surface area contributed by atoms with E-state index >= 15 is 0 Å². The SMILES string of the molecule is COC(=O)C1(NC(=O)Cn2cnc3c(oc4ccccc43)c2=O)CCCCC1. The molecule has 0 bridgehead atoms. The lowest BCUT2D eigenvalue weighted by Gasteiger charge is -2.35. The summed E-state index contributed by atoms with van der Waals surface area (Å²) in [5.41, 5.74) is -0.319. The largest absolute Gasteiger partial charge is 0.467 e. The third-order valence-corrected chi connectivity index (χ3v) is 5.33. The van der Waals surface area contributed by atoms with Crippen LogP contribution in [0.15, 0.2) is 39.8 Å². The Bertz CT molecular complexity index is 1110. The van der Waals surface area contributed by atoms with Gasteiger partial charge in [0.1, 0.15) is 23.2 Å². The summed E-state index contributed by atoms with van der Waals surface area (Å²) in [6.07, 6.45) is 5.07. The highest BCUT2D eigenvalue weighted by Gasteiger charge is 2.41. The van der Waals surface area contributed by atoms with E-state index in [2.05, 4.69) is 10.3 Å². The molecular formula is C20H21N3O5. The fourth-order valence-corrected chi connectivity index (χ4v) is 3.92. The summed E-state index contributed by atoms with van der Waals surface area (Å²) in [5.74, 6) is -0.884. The van der Waals surface area contributed by atoms with Gasteiger partial charge in [0.15, 0.2) is 0 Å². The first kappa shape index (κ1) is 18.2. The van der Waals surface area contributed by atoms with Crippen molar-refractivity contribution >= 4 is 33.9 Å². The molecule has 0 radical (unpaired) electrons. The number of amides is 1. The lowest BCUT2D eigenvalue weighted by molar-refractivity contribution is -0.152. The van der Waals surface area contributed by atoms with Gasteiger partial charge < -0.3 is 14.5 Å². The van der Waals surface area contributed by atoms with Gasteiger partial charge in [-0.3, -0.25) is 14.2 Å². The van der Waals surface area contributed by atoms with Crippen LogP contribution in [0.25, 0.3) is 22.1 Å². The van der Waals surface area contributed by atoms with Gasteiger partial charge in [0.05, 0.1) is 13.4 Å². The smallest absolute Gasteiger partial charge is 0.331 e. The molecule has 0 atom stereocenters. The average Bonchev–Trinajstić information content (AvgIpc) is 3.09. The summed E-state index contributed by atoms with van der Waals surface area (Å²) in [4.78, 5) is 42.0. The van der Waals surface area contributed by atoms with E-state index in [1.807, 2.05) is 18.2 Å². The van der Waals surface area contributed by atoms with Crippen molar-refractivity contribution in [3.8, 4) is 0 Å². The Morgan fingerprint density at radius 2 is 2.00 bits per heavy atom. The Kier molecular flexibility index (Phi) is 4.62. The maximum absolute atomic E-state index is 12.8. The van der Waals surface area contributed by atoms with Crippen LogP contribution in [0.3, 0.4) is 0 Å². The van der Waals surface area contributed by atoms with E-state index in [9.17, 15) is 14.4 Å². The minimum Gasteiger partial charge on any atom is -0.467 e. The molecule has 1 saturated carbocycles. The van der Waals surface area contributed by atoms with Gasteiger partial charge in [-0.25, -0.2) is 9.78 Å². The van der Waals surface area contributed by atoms with Gasteiger partial charge in [0, 0.05) is 5.39 Å². The molecule has 0 aliphatic heterocycles. The minimum absolute atomic E-state index is 0.108. The molecule has 3 aromatic rings. The van der Waals surface area contributed by atoms with Crippen molar-refractivity contribution in [3.05, 3.63) is 40.9 Å². The summed E-state index contributed by atoms with van der Waals surface area (Å²) in [7, 11) is 1.31. The summed E-state index contributed by atoms with van der Waals surface area (Å²) < 4.78 is 11.7. The number of fused-ring (bicyclic) bond motifs is 3. The minimum atomic E-state index is -1.02. The Morgan fingerprint density at radius 3 is 2.75 bits per heavy atom. The highest BCUT2D eigenvalue weighted by molar-refractivity contribution is 6.01. The molecule has 1 N–H and O–H groups in total. The standard InChI is InChI=1S/C20H21N3O5/c1-27-19(26)20(9-5-2-6-10-20)22-15(24)11-23-12-21-16-13-7-3-4-8-14(13)28-17(16)18(23)25/h3-4,7-8,12H,2,5-6,9-11H2,1H3,(H,22,24). The Balaban J connectivity index is 1.61. The van der Waals surface area contributed by atoms with Crippen LogP contribution in [0, 0.1) is 0 Å². The maximum Gasteiger partial charge on any atom is 0.331 e. The molecule has 4 rings (SSSR count). The number of carbonyl (C=O) groups is 2. The van der Waals surface area contributed by atoms with Crippen molar-refractivity contribution in [2.45, 2.75) is 44.2 Å². The first-order chi connectivity index (χ1) is 13.5. The average molecular weight is 383 g/mol. The van der Waals surface area contributed by atoms with E-state index in [1.165, 1.54) is 18.0 Å². The fourth-order valence-electron chi connectivity index (χ4n) is 3.92. The summed E-state index contributed by atoms with van der Waals surface area (Å²) in [6, 6.07) is 7.24. The number of carbonyl (C=O) groups excluding carboxylic acids is 2. The molecule has 0 saturated heterocycles. The van der Waals surface area contributed by atoms with Gasteiger partial charge in [-0.2, -0.15) is 0 Å². The summed E-state index contributed by atoms with van der Waals surface area (Å²) in [5, 5.41) is 3.55. The van der Waals surface area contributed by atoms with Gasteiger partial charge >= 0.3 is 5.97 Å². The van der Waals surface area contributed by atoms with Crippen LogP contribution in [-0.4, -0.2) is 34.1 Å². The molecule has 146 valence electrons. The molecular weight excluding hydrogens is 362 g/mol. The molecule has 1 aliphatic carbocycles. The van der Waals surface area contributed by atoms with E-state index < -0.39 is 23.0 Å². The van der Waals surface area contributed by atoms with Crippen LogP contribution in [-0.2, 0) is 20.9 Å². The van der Waals surface area contributed by atoms with Crippen molar-refractivity contribution in [3.63, 3.8) is 0 Å². The summed E-state index contributed by atoms with van der Waals surface area (Å²) in [6.45, 7) is -0.252. The molecule has 8 heteroatoms. The van der Waals surface area contributed by atoms with E-state index in [4.69, 9.17) is 9.15 Å². The number of nitrogens with zero attached hydrogens (tertiary/aromatic N) is 2. The fraction of sp³-hybridized carbons (Fsp3) is 0.400. The predicted octanol–water partition coefficient (Wildman–Crippen LogP) is 2.13. The van der Waals surface area contributed by atoms with Gasteiger partial charge in [-0.1, -0.05) is 31.4 Å². The van der Waals surface area contributed by atoms with Crippen LogP contribution in [0.4, 0.5) is 0 Å². The quantitative estimate of drug-likeness (QED) is 0.692. The van der Waals surface area contributed by atoms with Gasteiger partial charge in [0.2, 0.25) is 11.5 Å². The van der Waals surface area contributed by atoms with E-state index in [-0.39, 0.29) is 12.1 Å². The molecule has 8 nitrogen and oxygen atoms in total. The van der Waals surface area contributed by atoms with Crippen LogP contribution in [0.2, 0.25) is 0 Å². The monoisotopic (exact) mass is 383 g/mol. The van der Waals surface area contributed by atoms with Crippen LogP contribution < -0.4 is 10.9 Å². The molecule has 0 spiro atoms.